The number of hydrogen-bond acceptors (Lipinski definition) is 4. The predicted octanol–water partition coefficient (Wildman–Crippen LogP) is -0.352. The van der Waals surface area contributed by atoms with E-state index in [0.717, 1.165) is 0 Å². The summed E-state index contributed by atoms with van der Waals surface area (Å²) in [7, 11) is 1.56. The van der Waals surface area contributed by atoms with Crippen molar-refractivity contribution in [2.45, 2.75) is 6.54 Å². The number of carbonyl (C=O) groups is 1. The highest BCUT2D eigenvalue weighted by atomic mass is 16.5. The zero-order chi connectivity index (χ0) is 9.68. The number of methoxy groups -OCH3 is 1. The van der Waals surface area contributed by atoms with Gasteiger partial charge in [-0.05, 0) is 6.07 Å². The first kappa shape index (κ1) is 9.69. The largest absolute Gasteiger partial charge is 0.383 e. The Balaban J connectivity index is 2.71. The van der Waals surface area contributed by atoms with Gasteiger partial charge in [0.05, 0.1) is 13.2 Å². The normalized spacial score (nSPS) is 10.0. The molecular weight excluding hydrogens is 174 g/mol. The fourth-order valence-corrected chi connectivity index (χ4v) is 0.939. The van der Waals surface area contributed by atoms with Crippen molar-refractivity contribution >= 4 is 5.91 Å². The molecule has 0 saturated heterocycles. The van der Waals surface area contributed by atoms with Crippen LogP contribution in [0.25, 0.3) is 0 Å². The van der Waals surface area contributed by atoms with Crippen LogP contribution in [-0.2, 0) is 11.3 Å². The Kier molecular flexibility index (Phi) is 3.41. The summed E-state index contributed by atoms with van der Waals surface area (Å²) in [4.78, 5) is 11.0. The van der Waals surface area contributed by atoms with E-state index >= 15 is 0 Å². The van der Waals surface area contributed by atoms with Gasteiger partial charge in [-0.1, -0.05) is 0 Å². The van der Waals surface area contributed by atoms with Crippen LogP contribution >= 0.6 is 0 Å². The van der Waals surface area contributed by atoms with E-state index in [2.05, 4.69) is 5.10 Å². The molecular formula is C7H11N3O3. The second-order valence-electron chi connectivity index (χ2n) is 2.37. The molecule has 0 aliphatic rings. The number of aromatic nitrogens is 2. The summed E-state index contributed by atoms with van der Waals surface area (Å²) >= 11 is 0. The highest BCUT2D eigenvalue weighted by Crippen LogP contribution is 1.97. The highest BCUT2D eigenvalue weighted by molar-refractivity contribution is 5.91. The molecule has 0 radical (unpaired) electrons. The minimum Gasteiger partial charge on any atom is -0.383 e. The summed E-state index contributed by atoms with van der Waals surface area (Å²) in [5.74, 6) is -0.575. The molecule has 6 heteroatoms. The number of ether oxygens (including phenoxy) is 1. The van der Waals surface area contributed by atoms with Gasteiger partial charge in [-0.2, -0.15) is 5.10 Å². The summed E-state index contributed by atoms with van der Waals surface area (Å²) in [6.07, 6.45) is 1.49. The van der Waals surface area contributed by atoms with Gasteiger partial charge in [0.2, 0.25) is 0 Å². The van der Waals surface area contributed by atoms with Crippen LogP contribution in [0.4, 0.5) is 0 Å². The average Bonchev–Trinajstić information content (AvgIpc) is 2.61. The summed E-state index contributed by atoms with van der Waals surface area (Å²) in [5, 5.41) is 12.3. The number of nitrogens with one attached hydrogen (secondary N) is 1. The van der Waals surface area contributed by atoms with Crippen LogP contribution in [-0.4, -0.2) is 34.6 Å². The standard InChI is InChI=1S/C7H11N3O3/c1-13-5-4-10-6(2-3-8-10)7(11)9-12/h2-3,12H,4-5H2,1H3,(H,9,11). The van der Waals surface area contributed by atoms with Gasteiger partial charge >= 0.3 is 0 Å². The third kappa shape index (κ3) is 2.27. The van der Waals surface area contributed by atoms with E-state index in [0.29, 0.717) is 18.8 Å². The predicted molar refractivity (Wildman–Crippen MR) is 43.4 cm³/mol. The SMILES string of the molecule is COCCn1nccc1C(=O)NO. The van der Waals surface area contributed by atoms with Crippen molar-refractivity contribution < 1.29 is 14.7 Å². The molecule has 1 aromatic heterocycles. The van der Waals surface area contributed by atoms with Gasteiger partial charge in [0, 0.05) is 13.3 Å². The number of rotatable bonds is 4. The Bertz CT molecular complexity index is 284. The van der Waals surface area contributed by atoms with Crippen molar-refractivity contribution in [3.8, 4) is 0 Å². The van der Waals surface area contributed by atoms with Crippen molar-refractivity contribution in [3.63, 3.8) is 0 Å². The van der Waals surface area contributed by atoms with Crippen LogP contribution in [0.15, 0.2) is 12.3 Å². The molecule has 1 aromatic rings. The molecule has 0 unspecified atom stereocenters. The highest BCUT2D eigenvalue weighted by Gasteiger charge is 2.09. The molecule has 0 aliphatic carbocycles. The van der Waals surface area contributed by atoms with Gasteiger partial charge in [0.25, 0.3) is 5.91 Å². The van der Waals surface area contributed by atoms with E-state index < -0.39 is 5.91 Å². The monoisotopic (exact) mass is 185 g/mol. The van der Waals surface area contributed by atoms with Crippen molar-refractivity contribution in [2.24, 2.45) is 0 Å². The van der Waals surface area contributed by atoms with Gasteiger partial charge in [-0.15, -0.1) is 0 Å². The first-order valence-corrected chi connectivity index (χ1v) is 3.74. The summed E-state index contributed by atoms with van der Waals surface area (Å²) < 4.78 is 6.28. The zero-order valence-electron chi connectivity index (χ0n) is 7.23. The molecule has 0 aliphatic heterocycles. The lowest BCUT2D eigenvalue weighted by Gasteiger charge is -2.04. The van der Waals surface area contributed by atoms with E-state index in [9.17, 15) is 4.79 Å². The number of nitrogens with zero attached hydrogens (tertiary/aromatic N) is 2. The molecule has 0 aromatic carbocycles. The molecule has 1 rings (SSSR count). The van der Waals surface area contributed by atoms with Crippen LogP contribution in [0, 0.1) is 0 Å². The van der Waals surface area contributed by atoms with Crippen LogP contribution < -0.4 is 5.48 Å². The third-order valence-corrected chi connectivity index (χ3v) is 1.56. The maximum atomic E-state index is 11.0. The fraction of sp³-hybridized carbons (Fsp3) is 0.429. The smallest absolute Gasteiger partial charge is 0.292 e. The maximum absolute atomic E-state index is 11.0. The molecule has 1 amide bonds. The number of amides is 1. The van der Waals surface area contributed by atoms with E-state index in [1.54, 1.807) is 12.6 Å². The lowest BCUT2D eigenvalue weighted by molar-refractivity contribution is 0.0691. The van der Waals surface area contributed by atoms with Crippen LogP contribution in [0.1, 0.15) is 10.5 Å². The Morgan fingerprint density at radius 3 is 3.23 bits per heavy atom. The average molecular weight is 185 g/mol. The summed E-state index contributed by atoms with van der Waals surface area (Å²) in [6, 6.07) is 1.52. The lowest BCUT2D eigenvalue weighted by Crippen LogP contribution is -2.23. The molecule has 0 saturated carbocycles. The Morgan fingerprint density at radius 2 is 2.62 bits per heavy atom. The molecule has 6 nitrogen and oxygen atoms in total. The molecule has 0 spiro atoms. The van der Waals surface area contributed by atoms with Crippen molar-refractivity contribution in [2.75, 3.05) is 13.7 Å². The minimum atomic E-state index is -0.575. The van der Waals surface area contributed by atoms with Gasteiger partial charge in [-0.25, -0.2) is 5.48 Å². The molecule has 0 atom stereocenters. The van der Waals surface area contributed by atoms with E-state index in [-0.39, 0.29) is 0 Å². The van der Waals surface area contributed by atoms with Gasteiger partial charge < -0.3 is 4.74 Å². The lowest BCUT2D eigenvalue weighted by atomic mass is 10.4. The number of hydrogen-bond donors (Lipinski definition) is 2. The van der Waals surface area contributed by atoms with E-state index in [4.69, 9.17) is 9.94 Å². The van der Waals surface area contributed by atoms with Gasteiger partial charge in [-0.3, -0.25) is 14.7 Å². The first-order valence-electron chi connectivity index (χ1n) is 3.74. The molecule has 0 fully saturated rings. The second-order valence-corrected chi connectivity index (χ2v) is 2.37. The molecule has 72 valence electrons. The summed E-state index contributed by atoms with van der Waals surface area (Å²) in [6.45, 7) is 0.944. The van der Waals surface area contributed by atoms with Crippen molar-refractivity contribution in [3.05, 3.63) is 18.0 Å². The van der Waals surface area contributed by atoms with Crippen molar-refractivity contribution in [1.82, 2.24) is 15.3 Å². The first-order chi connectivity index (χ1) is 6.29. The quantitative estimate of drug-likeness (QED) is 0.496. The molecule has 1 heterocycles. The van der Waals surface area contributed by atoms with E-state index in [1.807, 2.05) is 0 Å². The third-order valence-electron chi connectivity index (χ3n) is 1.56. The summed E-state index contributed by atoms with van der Waals surface area (Å²) in [5.41, 5.74) is 1.85. The number of carbonyl (C=O) groups excluding carboxylic acids is 1. The Hall–Kier alpha value is -1.40. The molecule has 2 N–H and O–H groups in total. The van der Waals surface area contributed by atoms with Crippen molar-refractivity contribution in [1.29, 1.82) is 0 Å². The van der Waals surface area contributed by atoms with Gasteiger partial charge in [0.15, 0.2) is 0 Å². The Morgan fingerprint density at radius 1 is 1.85 bits per heavy atom. The minimum absolute atomic E-state index is 0.305. The van der Waals surface area contributed by atoms with E-state index in [1.165, 1.54) is 16.9 Å². The Labute approximate surface area is 75.1 Å². The molecule has 13 heavy (non-hydrogen) atoms. The van der Waals surface area contributed by atoms with Gasteiger partial charge in [0.1, 0.15) is 5.69 Å². The topological polar surface area (TPSA) is 76.4 Å². The van der Waals surface area contributed by atoms with Crippen LogP contribution in [0.3, 0.4) is 0 Å². The maximum Gasteiger partial charge on any atom is 0.292 e. The molecule has 0 bridgehead atoms. The fourth-order valence-electron chi connectivity index (χ4n) is 0.939. The number of hydroxylamine groups is 1. The van der Waals surface area contributed by atoms with Crippen LogP contribution in [0.2, 0.25) is 0 Å². The zero-order valence-corrected chi connectivity index (χ0v) is 7.23. The second kappa shape index (κ2) is 4.58. The van der Waals surface area contributed by atoms with Crippen LogP contribution in [0.5, 0.6) is 0 Å².